The van der Waals surface area contributed by atoms with E-state index in [4.69, 9.17) is 23.4 Å². The van der Waals surface area contributed by atoms with E-state index in [1.165, 1.54) is 0 Å². The average Bonchev–Trinajstić information content (AvgIpc) is 2.30. The minimum absolute atomic E-state index is 0.0497. The van der Waals surface area contributed by atoms with Crippen LogP contribution in [-0.4, -0.2) is 44.0 Å². The predicted octanol–water partition coefficient (Wildman–Crippen LogP) is 1.21. The highest BCUT2D eigenvalue weighted by Gasteiger charge is 2.70. The van der Waals surface area contributed by atoms with Crippen molar-refractivity contribution < 1.29 is 42.6 Å². The lowest BCUT2D eigenvalue weighted by Crippen LogP contribution is -2.70. The topological polar surface area (TPSA) is 114 Å². The predicted molar refractivity (Wildman–Crippen MR) is 80.5 cm³/mol. The molecule has 1 aliphatic heterocycles. The second kappa shape index (κ2) is 6.89. The van der Waals surface area contributed by atoms with E-state index < -0.39 is 44.0 Å². The Morgan fingerprint density at radius 1 is 0.792 bits per heavy atom. The fourth-order valence-corrected chi connectivity index (χ4v) is 4.42. The zero-order chi connectivity index (χ0) is 18.8. The molecule has 0 atom stereocenters. The molecule has 0 unspecified atom stereocenters. The van der Waals surface area contributed by atoms with Crippen molar-refractivity contribution in [2.75, 3.05) is 0 Å². The standard InChI is InChI=1S/C14H22O9Si/c1-9(15)19-13(20-10(2)16)7-8-24(5,6)23-14(13,21-11(3)17)22-12(4)18/h7-8H2,1-6H3. The summed E-state index contributed by atoms with van der Waals surface area (Å²) in [5.41, 5.74) is 0. The highest BCUT2D eigenvalue weighted by Crippen LogP contribution is 2.46. The summed E-state index contributed by atoms with van der Waals surface area (Å²) in [4.78, 5) is 46.4. The van der Waals surface area contributed by atoms with Gasteiger partial charge in [0.2, 0.25) is 0 Å². The molecule has 136 valence electrons. The Balaban J connectivity index is 3.55. The van der Waals surface area contributed by atoms with Crippen molar-refractivity contribution in [3.05, 3.63) is 0 Å². The van der Waals surface area contributed by atoms with E-state index in [0.29, 0.717) is 6.04 Å². The molecule has 1 aliphatic rings. The molecule has 1 fully saturated rings. The Hall–Kier alpha value is -1.94. The molecule has 0 aromatic carbocycles. The number of esters is 4. The van der Waals surface area contributed by atoms with Gasteiger partial charge in [-0.15, -0.1) is 0 Å². The summed E-state index contributed by atoms with van der Waals surface area (Å²) < 4.78 is 26.4. The molecule has 0 spiro atoms. The molecule has 0 aliphatic carbocycles. The normalized spacial score (nSPS) is 20.4. The van der Waals surface area contributed by atoms with E-state index in [9.17, 15) is 19.2 Å². The zero-order valence-corrected chi connectivity index (χ0v) is 15.6. The molecule has 0 N–H and O–H groups in total. The molecule has 1 heterocycles. The summed E-state index contributed by atoms with van der Waals surface area (Å²) >= 11 is 0. The average molecular weight is 362 g/mol. The Bertz CT molecular complexity index is 522. The SMILES string of the molecule is CC(=O)OC1(OC(C)=O)CC[Si](C)(C)OC1(OC(C)=O)OC(C)=O. The fourth-order valence-electron chi connectivity index (χ4n) is 2.42. The van der Waals surface area contributed by atoms with Crippen molar-refractivity contribution in [1.29, 1.82) is 0 Å². The number of rotatable bonds is 4. The van der Waals surface area contributed by atoms with Crippen molar-refractivity contribution in [2.24, 2.45) is 0 Å². The molecule has 9 nitrogen and oxygen atoms in total. The zero-order valence-electron chi connectivity index (χ0n) is 14.6. The van der Waals surface area contributed by atoms with Crippen molar-refractivity contribution in [1.82, 2.24) is 0 Å². The lowest BCUT2D eigenvalue weighted by atomic mass is 10.1. The van der Waals surface area contributed by atoms with Crippen LogP contribution in [0.1, 0.15) is 34.1 Å². The van der Waals surface area contributed by atoms with Crippen LogP contribution in [0.25, 0.3) is 0 Å². The molecular weight excluding hydrogens is 340 g/mol. The first-order valence-electron chi connectivity index (χ1n) is 7.31. The van der Waals surface area contributed by atoms with Crippen LogP contribution in [0, 0.1) is 0 Å². The Morgan fingerprint density at radius 3 is 1.50 bits per heavy atom. The van der Waals surface area contributed by atoms with Crippen molar-refractivity contribution in [3.63, 3.8) is 0 Å². The van der Waals surface area contributed by atoms with E-state index >= 15 is 0 Å². The monoisotopic (exact) mass is 362 g/mol. The van der Waals surface area contributed by atoms with Crippen molar-refractivity contribution in [3.8, 4) is 0 Å². The third kappa shape index (κ3) is 4.54. The first-order chi connectivity index (χ1) is 10.8. The molecule has 24 heavy (non-hydrogen) atoms. The summed E-state index contributed by atoms with van der Waals surface area (Å²) in [5.74, 6) is -8.10. The number of hydrogen-bond donors (Lipinski definition) is 0. The van der Waals surface area contributed by atoms with Crippen LogP contribution in [0.2, 0.25) is 19.1 Å². The number of ether oxygens (including phenoxy) is 4. The first kappa shape index (κ1) is 20.1. The molecule has 10 heteroatoms. The molecular formula is C14H22O9Si. The Morgan fingerprint density at radius 2 is 1.17 bits per heavy atom. The smallest absolute Gasteiger partial charge is 0.412 e. The maximum atomic E-state index is 11.6. The van der Waals surface area contributed by atoms with E-state index in [1.807, 2.05) is 0 Å². The highest BCUT2D eigenvalue weighted by atomic mass is 28.4. The van der Waals surface area contributed by atoms with E-state index in [0.717, 1.165) is 27.7 Å². The molecule has 0 aromatic heterocycles. The largest absolute Gasteiger partial charge is 0.449 e. The van der Waals surface area contributed by atoms with Crippen molar-refractivity contribution in [2.45, 2.75) is 65.0 Å². The van der Waals surface area contributed by atoms with E-state index in [2.05, 4.69) is 0 Å². The third-order valence-corrected chi connectivity index (χ3v) is 5.38. The molecule has 1 rings (SSSR count). The highest BCUT2D eigenvalue weighted by molar-refractivity contribution is 6.71. The van der Waals surface area contributed by atoms with Crippen LogP contribution >= 0.6 is 0 Å². The van der Waals surface area contributed by atoms with Crippen LogP contribution in [0.15, 0.2) is 0 Å². The summed E-state index contributed by atoms with van der Waals surface area (Å²) in [6.07, 6.45) is -0.0497. The molecule has 0 aromatic rings. The fraction of sp³-hybridized carbons (Fsp3) is 0.714. The number of hydrogen-bond acceptors (Lipinski definition) is 9. The van der Waals surface area contributed by atoms with Gasteiger partial charge in [-0.05, 0) is 19.1 Å². The second-order valence-electron chi connectivity index (χ2n) is 6.05. The maximum Gasteiger partial charge on any atom is 0.449 e. The third-order valence-electron chi connectivity index (χ3n) is 3.11. The van der Waals surface area contributed by atoms with Crippen LogP contribution in [0.5, 0.6) is 0 Å². The molecule has 0 bridgehead atoms. The van der Waals surface area contributed by atoms with Crippen LogP contribution < -0.4 is 0 Å². The van der Waals surface area contributed by atoms with Gasteiger partial charge in [0.1, 0.15) is 0 Å². The van der Waals surface area contributed by atoms with Gasteiger partial charge in [-0.25, -0.2) is 0 Å². The summed E-state index contributed by atoms with van der Waals surface area (Å²) in [5, 5.41) is 0. The van der Waals surface area contributed by atoms with Gasteiger partial charge in [-0.3, -0.25) is 19.2 Å². The van der Waals surface area contributed by atoms with Crippen LogP contribution in [0.4, 0.5) is 0 Å². The summed E-state index contributed by atoms with van der Waals surface area (Å²) in [6.45, 7) is 7.86. The van der Waals surface area contributed by atoms with Gasteiger partial charge >= 0.3 is 35.6 Å². The number of carbonyl (C=O) groups is 4. The maximum absolute atomic E-state index is 11.6. The molecule has 0 radical (unpaired) electrons. The Labute approximate surface area is 140 Å². The van der Waals surface area contributed by atoms with Gasteiger partial charge in [0.05, 0.1) is 0 Å². The van der Waals surface area contributed by atoms with E-state index in [-0.39, 0.29) is 6.42 Å². The lowest BCUT2D eigenvalue weighted by Gasteiger charge is -2.50. The van der Waals surface area contributed by atoms with E-state index in [1.54, 1.807) is 13.1 Å². The lowest BCUT2D eigenvalue weighted by molar-refractivity contribution is -0.439. The van der Waals surface area contributed by atoms with Crippen LogP contribution in [-0.2, 0) is 42.6 Å². The number of carbonyl (C=O) groups excluding carboxylic acids is 4. The molecule has 0 amide bonds. The summed E-state index contributed by atoms with van der Waals surface area (Å²) in [7, 11) is -2.49. The second-order valence-corrected chi connectivity index (χ2v) is 10.3. The first-order valence-corrected chi connectivity index (χ1v) is 10.4. The van der Waals surface area contributed by atoms with Gasteiger partial charge in [0, 0.05) is 34.1 Å². The molecule has 1 saturated heterocycles. The van der Waals surface area contributed by atoms with Gasteiger partial charge in [-0.2, -0.15) is 0 Å². The van der Waals surface area contributed by atoms with Crippen molar-refractivity contribution >= 4 is 32.2 Å². The minimum atomic E-state index is -2.49. The van der Waals surface area contributed by atoms with Gasteiger partial charge in [-0.1, -0.05) is 0 Å². The minimum Gasteiger partial charge on any atom is -0.412 e. The van der Waals surface area contributed by atoms with Gasteiger partial charge in [0.25, 0.3) is 0 Å². The Kier molecular flexibility index (Phi) is 5.77. The van der Waals surface area contributed by atoms with Gasteiger partial charge in [0.15, 0.2) is 8.32 Å². The quantitative estimate of drug-likeness (QED) is 0.413. The molecule has 0 saturated carbocycles. The van der Waals surface area contributed by atoms with Crippen LogP contribution in [0.3, 0.4) is 0 Å². The van der Waals surface area contributed by atoms with Gasteiger partial charge < -0.3 is 23.4 Å². The summed E-state index contributed by atoms with van der Waals surface area (Å²) in [6, 6.07) is 0.401.